The van der Waals surface area contributed by atoms with Crippen LogP contribution in [0.3, 0.4) is 0 Å². The molecule has 0 saturated carbocycles. The monoisotopic (exact) mass is 404 g/mol. The van der Waals surface area contributed by atoms with Gasteiger partial charge in [0, 0.05) is 0 Å². The molecule has 0 saturated heterocycles. The largest absolute Gasteiger partial charge is 0.495 e. The molecule has 0 aliphatic carbocycles. The average molecular weight is 405 g/mol. The van der Waals surface area contributed by atoms with E-state index in [2.05, 4.69) is 5.32 Å². The minimum Gasteiger partial charge on any atom is -0.495 e. The van der Waals surface area contributed by atoms with Crippen LogP contribution in [0.5, 0.6) is 5.75 Å². The minimum absolute atomic E-state index is 0.186. The highest BCUT2D eigenvalue weighted by atomic mass is 32.2. The Labute approximate surface area is 167 Å². The zero-order valence-corrected chi connectivity index (χ0v) is 17.8. The number of nitrogens with zero attached hydrogens (tertiary/aromatic N) is 1. The van der Waals surface area contributed by atoms with Crippen molar-refractivity contribution in [3.8, 4) is 5.75 Å². The normalized spacial score (nSPS) is 12.3. The van der Waals surface area contributed by atoms with Crippen molar-refractivity contribution in [3.05, 3.63) is 59.2 Å². The molecule has 7 heteroatoms. The molecule has 1 N–H and O–H groups in total. The molecule has 2 aromatic rings. The first-order chi connectivity index (χ1) is 13.2. The molecule has 0 unspecified atom stereocenters. The van der Waals surface area contributed by atoms with Gasteiger partial charge in [-0.2, -0.15) is 0 Å². The number of methoxy groups -OCH3 is 1. The number of aryl methyl sites for hydroxylation is 2. The van der Waals surface area contributed by atoms with Crippen molar-refractivity contribution in [2.75, 3.05) is 24.2 Å². The summed E-state index contributed by atoms with van der Waals surface area (Å²) >= 11 is 0. The molecule has 1 atom stereocenters. The maximum Gasteiger partial charge on any atom is 0.241 e. The van der Waals surface area contributed by atoms with E-state index in [1.54, 1.807) is 12.1 Å². The van der Waals surface area contributed by atoms with Gasteiger partial charge in [-0.15, -0.1) is 0 Å². The van der Waals surface area contributed by atoms with Crippen molar-refractivity contribution < 1.29 is 17.9 Å². The second-order valence-corrected chi connectivity index (χ2v) is 8.79. The topological polar surface area (TPSA) is 75.7 Å². The maximum absolute atomic E-state index is 12.7. The van der Waals surface area contributed by atoms with Gasteiger partial charge < -0.3 is 10.1 Å². The first kappa shape index (κ1) is 21.8. The zero-order chi connectivity index (χ0) is 20.9. The molecule has 0 aromatic heterocycles. The number of benzene rings is 2. The van der Waals surface area contributed by atoms with Crippen LogP contribution in [0.2, 0.25) is 0 Å². The van der Waals surface area contributed by atoms with Gasteiger partial charge in [0.1, 0.15) is 12.3 Å². The van der Waals surface area contributed by atoms with Gasteiger partial charge in [-0.05, 0) is 43.5 Å². The van der Waals surface area contributed by atoms with Crippen molar-refractivity contribution in [2.24, 2.45) is 0 Å². The number of hydrogen-bond acceptors (Lipinski definition) is 4. The molecule has 0 bridgehead atoms. The molecule has 0 radical (unpaired) electrons. The summed E-state index contributed by atoms with van der Waals surface area (Å²) in [5, 5.41) is 2.94. The van der Waals surface area contributed by atoms with Crippen molar-refractivity contribution in [2.45, 2.75) is 33.2 Å². The van der Waals surface area contributed by atoms with Crippen LogP contribution in [0.15, 0.2) is 42.5 Å². The molecule has 152 valence electrons. The van der Waals surface area contributed by atoms with Gasteiger partial charge in [-0.1, -0.05) is 42.8 Å². The second kappa shape index (κ2) is 9.10. The average Bonchev–Trinajstić information content (AvgIpc) is 2.64. The number of sulfonamides is 1. The smallest absolute Gasteiger partial charge is 0.241 e. The molecule has 2 rings (SSSR count). The lowest BCUT2D eigenvalue weighted by molar-refractivity contribution is -0.120. The van der Waals surface area contributed by atoms with Crippen LogP contribution in [-0.4, -0.2) is 34.2 Å². The quantitative estimate of drug-likeness (QED) is 0.732. The molecule has 6 nitrogen and oxygen atoms in total. The van der Waals surface area contributed by atoms with Crippen LogP contribution in [-0.2, 0) is 14.8 Å². The predicted octanol–water partition coefficient (Wildman–Crippen LogP) is 3.35. The number of nitrogens with one attached hydrogen (secondary N) is 1. The Kier molecular flexibility index (Phi) is 7.07. The van der Waals surface area contributed by atoms with Gasteiger partial charge in [0.25, 0.3) is 0 Å². The fourth-order valence-corrected chi connectivity index (χ4v) is 3.82. The van der Waals surface area contributed by atoms with E-state index in [4.69, 9.17) is 4.74 Å². The third-order valence-electron chi connectivity index (χ3n) is 4.51. The molecular weight excluding hydrogens is 376 g/mol. The van der Waals surface area contributed by atoms with E-state index in [0.29, 0.717) is 17.9 Å². The molecule has 0 heterocycles. The fraction of sp³-hybridized carbons (Fsp3) is 0.381. The first-order valence-corrected chi connectivity index (χ1v) is 11.0. The first-order valence-electron chi connectivity index (χ1n) is 9.14. The Bertz CT molecular complexity index is 924. The van der Waals surface area contributed by atoms with Crippen LogP contribution in [0.4, 0.5) is 5.69 Å². The van der Waals surface area contributed by atoms with E-state index >= 15 is 0 Å². The number of amides is 1. The Morgan fingerprint density at radius 3 is 2.25 bits per heavy atom. The number of carbonyl (C=O) groups excluding carboxylic acids is 1. The van der Waals surface area contributed by atoms with Crippen LogP contribution in [0, 0.1) is 13.8 Å². The molecule has 0 aliphatic rings. The van der Waals surface area contributed by atoms with Gasteiger partial charge in [0.05, 0.1) is 25.1 Å². The Hall–Kier alpha value is -2.54. The Morgan fingerprint density at radius 1 is 1.11 bits per heavy atom. The lowest BCUT2D eigenvalue weighted by atomic mass is 10.0. The summed E-state index contributed by atoms with van der Waals surface area (Å²) in [6.45, 7) is 5.51. The molecule has 0 spiro atoms. The zero-order valence-electron chi connectivity index (χ0n) is 17.0. The van der Waals surface area contributed by atoms with E-state index < -0.39 is 10.0 Å². The number of hydrogen-bond donors (Lipinski definition) is 1. The second-order valence-electron chi connectivity index (χ2n) is 6.88. The van der Waals surface area contributed by atoms with E-state index in [0.717, 1.165) is 27.3 Å². The highest BCUT2D eigenvalue weighted by Gasteiger charge is 2.25. The lowest BCUT2D eigenvalue weighted by Gasteiger charge is -2.25. The van der Waals surface area contributed by atoms with Crippen molar-refractivity contribution in [3.63, 3.8) is 0 Å². The summed E-state index contributed by atoms with van der Waals surface area (Å²) in [5.41, 5.74) is 3.35. The predicted molar refractivity (Wildman–Crippen MR) is 112 cm³/mol. The van der Waals surface area contributed by atoms with E-state index in [9.17, 15) is 13.2 Å². The van der Waals surface area contributed by atoms with Crippen molar-refractivity contribution in [1.82, 2.24) is 5.32 Å². The summed E-state index contributed by atoms with van der Waals surface area (Å²) in [4.78, 5) is 12.7. The number of carbonyl (C=O) groups is 1. The molecule has 28 heavy (non-hydrogen) atoms. The highest BCUT2D eigenvalue weighted by molar-refractivity contribution is 7.92. The minimum atomic E-state index is -3.68. The fourth-order valence-electron chi connectivity index (χ4n) is 2.97. The van der Waals surface area contributed by atoms with E-state index in [1.807, 2.05) is 51.1 Å². The van der Waals surface area contributed by atoms with Crippen LogP contribution in [0.25, 0.3) is 0 Å². The summed E-state index contributed by atoms with van der Waals surface area (Å²) in [6, 6.07) is 13.0. The van der Waals surface area contributed by atoms with Crippen molar-refractivity contribution in [1.29, 1.82) is 0 Å². The third-order valence-corrected chi connectivity index (χ3v) is 5.64. The van der Waals surface area contributed by atoms with Crippen molar-refractivity contribution >= 4 is 21.6 Å². The van der Waals surface area contributed by atoms with Crippen LogP contribution < -0.4 is 14.4 Å². The van der Waals surface area contributed by atoms with Gasteiger partial charge in [-0.3, -0.25) is 9.10 Å². The summed E-state index contributed by atoms with van der Waals surface area (Å²) < 4.78 is 31.2. The van der Waals surface area contributed by atoms with Gasteiger partial charge >= 0.3 is 0 Å². The van der Waals surface area contributed by atoms with E-state index in [-0.39, 0.29) is 18.5 Å². The van der Waals surface area contributed by atoms with E-state index in [1.165, 1.54) is 7.11 Å². The SMILES string of the molecule is CC[C@@H](NC(=O)CN(c1cc(C)ccc1OC)S(C)(=O)=O)c1ccc(C)cc1. The molecular formula is C21H28N2O4S. The standard InChI is InChI=1S/C21H28N2O4S/c1-6-18(17-10-7-15(2)8-11-17)22-21(24)14-23(28(5,25)26)19-13-16(3)9-12-20(19)27-4/h7-13,18H,6,14H2,1-5H3,(H,22,24)/t18-/m1/s1. The molecule has 0 fully saturated rings. The Balaban J connectivity index is 2.26. The molecule has 1 amide bonds. The van der Waals surface area contributed by atoms with Gasteiger partial charge in [-0.25, -0.2) is 8.42 Å². The highest BCUT2D eigenvalue weighted by Crippen LogP contribution is 2.31. The molecule has 0 aliphatic heterocycles. The third kappa shape index (κ3) is 5.48. The Morgan fingerprint density at radius 2 is 1.71 bits per heavy atom. The lowest BCUT2D eigenvalue weighted by Crippen LogP contribution is -2.41. The van der Waals surface area contributed by atoms with Gasteiger partial charge in [0.15, 0.2) is 0 Å². The summed E-state index contributed by atoms with van der Waals surface area (Å²) in [6.07, 6.45) is 1.78. The van der Waals surface area contributed by atoms with Crippen LogP contribution >= 0.6 is 0 Å². The number of anilines is 1. The number of rotatable bonds is 8. The summed E-state index contributed by atoms with van der Waals surface area (Å²) in [5.74, 6) is 0.0239. The summed E-state index contributed by atoms with van der Waals surface area (Å²) in [7, 11) is -2.21. The number of ether oxygens (including phenoxy) is 1. The van der Waals surface area contributed by atoms with Crippen LogP contribution in [0.1, 0.15) is 36.1 Å². The molecule has 2 aromatic carbocycles. The van der Waals surface area contributed by atoms with Gasteiger partial charge in [0.2, 0.25) is 15.9 Å². The maximum atomic E-state index is 12.7.